The van der Waals surface area contributed by atoms with E-state index in [4.69, 9.17) is 4.42 Å². The summed E-state index contributed by atoms with van der Waals surface area (Å²) in [5.41, 5.74) is 0.970. The van der Waals surface area contributed by atoms with Gasteiger partial charge < -0.3 is 9.32 Å². The Morgan fingerprint density at radius 2 is 1.89 bits per heavy atom. The van der Waals surface area contributed by atoms with Crippen molar-refractivity contribution in [2.75, 3.05) is 37.7 Å². The molecule has 4 rings (SSSR count). The van der Waals surface area contributed by atoms with Gasteiger partial charge in [-0.05, 0) is 6.42 Å². The van der Waals surface area contributed by atoms with Crippen molar-refractivity contribution in [2.45, 2.75) is 25.3 Å². The van der Waals surface area contributed by atoms with Crippen LogP contribution in [0.1, 0.15) is 18.7 Å². The van der Waals surface area contributed by atoms with E-state index in [9.17, 15) is 13.2 Å². The molecular formula is C20H25N3O4S. The predicted molar refractivity (Wildman–Crippen MR) is 105 cm³/mol. The monoisotopic (exact) mass is 403 g/mol. The lowest BCUT2D eigenvalue weighted by Crippen LogP contribution is -2.52. The van der Waals surface area contributed by atoms with Crippen molar-refractivity contribution in [3.8, 4) is 11.3 Å². The van der Waals surface area contributed by atoms with Gasteiger partial charge in [0.15, 0.2) is 21.5 Å². The average Bonchev–Trinajstić information content (AvgIpc) is 3.33. The van der Waals surface area contributed by atoms with Gasteiger partial charge in [0.1, 0.15) is 0 Å². The summed E-state index contributed by atoms with van der Waals surface area (Å²) < 4.78 is 29.1. The number of carbonyl (C=O) groups is 1. The number of aromatic nitrogens is 1. The van der Waals surface area contributed by atoms with E-state index < -0.39 is 9.84 Å². The van der Waals surface area contributed by atoms with Gasteiger partial charge in [-0.15, -0.1) is 0 Å². The third-order valence-electron chi connectivity index (χ3n) is 5.56. The van der Waals surface area contributed by atoms with Gasteiger partial charge in [-0.3, -0.25) is 9.69 Å². The Kier molecular flexibility index (Phi) is 5.50. The van der Waals surface area contributed by atoms with Crippen molar-refractivity contribution in [3.63, 3.8) is 0 Å². The maximum absolute atomic E-state index is 12.5. The quantitative estimate of drug-likeness (QED) is 0.754. The van der Waals surface area contributed by atoms with Gasteiger partial charge in [-0.25, -0.2) is 13.4 Å². The highest BCUT2D eigenvalue weighted by atomic mass is 32.2. The summed E-state index contributed by atoms with van der Waals surface area (Å²) in [5.74, 6) is 1.93. The summed E-state index contributed by atoms with van der Waals surface area (Å²) >= 11 is 0. The Balaban J connectivity index is 1.25. The van der Waals surface area contributed by atoms with E-state index in [0.717, 1.165) is 18.7 Å². The molecule has 0 saturated carbocycles. The van der Waals surface area contributed by atoms with Crippen molar-refractivity contribution in [1.82, 2.24) is 14.8 Å². The van der Waals surface area contributed by atoms with E-state index in [-0.39, 0.29) is 23.5 Å². The number of piperazine rings is 1. The Morgan fingerprint density at radius 1 is 1.14 bits per heavy atom. The second kappa shape index (κ2) is 8.05. The molecule has 2 saturated heterocycles. The molecule has 150 valence electrons. The van der Waals surface area contributed by atoms with E-state index >= 15 is 0 Å². The lowest BCUT2D eigenvalue weighted by molar-refractivity contribution is -0.133. The summed E-state index contributed by atoms with van der Waals surface area (Å²) in [4.78, 5) is 20.9. The molecule has 28 heavy (non-hydrogen) atoms. The maximum atomic E-state index is 12.5. The molecule has 2 aromatic rings. The number of oxazole rings is 1. The molecule has 0 aliphatic carbocycles. The number of hydrogen-bond donors (Lipinski definition) is 0. The summed E-state index contributed by atoms with van der Waals surface area (Å²) in [6.07, 6.45) is 3.26. The highest BCUT2D eigenvalue weighted by Crippen LogP contribution is 2.21. The van der Waals surface area contributed by atoms with E-state index in [0.29, 0.717) is 44.0 Å². The topological polar surface area (TPSA) is 83.7 Å². The first-order valence-electron chi connectivity index (χ1n) is 9.72. The molecule has 0 N–H and O–H groups in total. The van der Waals surface area contributed by atoms with Gasteiger partial charge in [0.25, 0.3) is 0 Å². The van der Waals surface area contributed by atoms with Crippen LogP contribution in [0.4, 0.5) is 0 Å². The molecule has 2 fully saturated rings. The number of hydrogen-bond acceptors (Lipinski definition) is 6. The van der Waals surface area contributed by atoms with Crippen LogP contribution in [0, 0.1) is 0 Å². The van der Waals surface area contributed by atoms with Gasteiger partial charge >= 0.3 is 0 Å². The Labute approximate surface area is 165 Å². The molecule has 8 heteroatoms. The molecule has 0 radical (unpaired) electrons. The molecular weight excluding hydrogens is 378 g/mol. The minimum absolute atomic E-state index is 0.0955. The summed E-state index contributed by atoms with van der Waals surface area (Å²) in [7, 11) is -2.87. The predicted octanol–water partition coefficient (Wildman–Crippen LogP) is 1.61. The van der Waals surface area contributed by atoms with Gasteiger partial charge in [0.2, 0.25) is 5.91 Å². The number of carbonyl (C=O) groups excluding carboxylic acids is 1. The highest BCUT2D eigenvalue weighted by molar-refractivity contribution is 7.91. The fourth-order valence-electron chi connectivity index (χ4n) is 3.93. The van der Waals surface area contributed by atoms with Crippen LogP contribution in [-0.4, -0.2) is 72.8 Å². The minimum atomic E-state index is -2.87. The second-order valence-electron chi connectivity index (χ2n) is 7.46. The van der Waals surface area contributed by atoms with Crippen LogP contribution >= 0.6 is 0 Å². The molecule has 1 amide bonds. The fraction of sp³-hybridized carbons (Fsp3) is 0.500. The molecule has 1 aromatic carbocycles. The van der Waals surface area contributed by atoms with Crippen molar-refractivity contribution in [2.24, 2.45) is 0 Å². The van der Waals surface area contributed by atoms with E-state index in [1.54, 1.807) is 6.20 Å². The molecule has 2 aliphatic rings. The number of rotatable bonds is 5. The van der Waals surface area contributed by atoms with Crippen molar-refractivity contribution in [3.05, 3.63) is 42.4 Å². The van der Waals surface area contributed by atoms with Gasteiger partial charge in [-0.2, -0.15) is 0 Å². The molecule has 0 spiro atoms. The van der Waals surface area contributed by atoms with Crippen LogP contribution in [0.15, 0.2) is 40.9 Å². The standard InChI is InChI=1S/C20H25N3O4S/c24-20(7-6-19-21-14-18(27-19)16-4-2-1-3-5-16)23-11-9-22(10-12-23)17-8-13-28(25,26)15-17/h1-5,14,17H,6-13,15H2/t17-/m1/s1. The molecule has 3 heterocycles. The molecule has 0 unspecified atom stereocenters. The van der Waals surface area contributed by atoms with Crippen molar-refractivity contribution >= 4 is 15.7 Å². The van der Waals surface area contributed by atoms with E-state index in [1.165, 1.54) is 0 Å². The minimum Gasteiger partial charge on any atom is -0.441 e. The number of nitrogens with zero attached hydrogens (tertiary/aromatic N) is 3. The first-order valence-corrected chi connectivity index (χ1v) is 11.5. The number of aryl methyl sites for hydroxylation is 1. The SMILES string of the molecule is O=C(CCc1ncc(-c2ccccc2)o1)N1CCN([C@@H]2CCS(=O)(=O)C2)CC1. The fourth-order valence-corrected chi connectivity index (χ4v) is 5.70. The summed E-state index contributed by atoms with van der Waals surface area (Å²) in [6.45, 7) is 2.78. The highest BCUT2D eigenvalue weighted by Gasteiger charge is 2.34. The number of amides is 1. The zero-order chi connectivity index (χ0) is 19.6. The lowest BCUT2D eigenvalue weighted by atomic mass is 10.2. The van der Waals surface area contributed by atoms with E-state index in [2.05, 4.69) is 9.88 Å². The third-order valence-corrected chi connectivity index (χ3v) is 7.31. The third kappa shape index (κ3) is 4.44. The van der Waals surface area contributed by atoms with Crippen LogP contribution in [0.3, 0.4) is 0 Å². The van der Waals surface area contributed by atoms with Crippen LogP contribution in [0.5, 0.6) is 0 Å². The summed E-state index contributed by atoms with van der Waals surface area (Å²) in [5, 5.41) is 0. The Morgan fingerprint density at radius 3 is 2.57 bits per heavy atom. The van der Waals surface area contributed by atoms with Gasteiger partial charge in [0.05, 0.1) is 17.7 Å². The first kappa shape index (κ1) is 19.1. The van der Waals surface area contributed by atoms with Gasteiger partial charge in [0, 0.05) is 50.6 Å². The van der Waals surface area contributed by atoms with Crippen LogP contribution in [0.25, 0.3) is 11.3 Å². The number of sulfone groups is 1. The Hall–Kier alpha value is -2.19. The zero-order valence-electron chi connectivity index (χ0n) is 15.8. The Bertz CT molecular complexity index is 918. The average molecular weight is 404 g/mol. The normalized spacial score (nSPS) is 22.4. The zero-order valence-corrected chi connectivity index (χ0v) is 16.6. The van der Waals surface area contributed by atoms with Crippen LogP contribution in [-0.2, 0) is 21.1 Å². The van der Waals surface area contributed by atoms with Crippen LogP contribution in [0.2, 0.25) is 0 Å². The molecule has 7 nitrogen and oxygen atoms in total. The molecule has 0 bridgehead atoms. The smallest absolute Gasteiger partial charge is 0.223 e. The number of benzene rings is 1. The first-order chi connectivity index (χ1) is 13.5. The van der Waals surface area contributed by atoms with E-state index in [1.807, 2.05) is 35.2 Å². The lowest BCUT2D eigenvalue weighted by Gasteiger charge is -2.37. The maximum Gasteiger partial charge on any atom is 0.223 e. The van der Waals surface area contributed by atoms with Crippen LogP contribution < -0.4 is 0 Å². The molecule has 1 aromatic heterocycles. The van der Waals surface area contributed by atoms with Gasteiger partial charge in [-0.1, -0.05) is 30.3 Å². The largest absolute Gasteiger partial charge is 0.441 e. The molecule has 1 atom stereocenters. The summed E-state index contributed by atoms with van der Waals surface area (Å²) in [6, 6.07) is 9.88. The van der Waals surface area contributed by atoms with Crippen molar-refractivity contribution < 1.29 is 17.6 Å². The molecule has 2 aliphatic heterocycles. The second-order valence-corrected chi connectivity index (χ2v) is 9.69. The van der Waals surface area contributed by atoms with Crippen molar-refractivity contribution in [1.29, 1.82) is 0 Å².